The Morgan fingerprint density at radius 2 is 1.49 bits per heavy atom. The van der Waals surface area contributed by atoms with Gasteiger partial charge in [-0.15, -0.1) is 0 Å². The van der Waals surface area contributed by atoms with Gasteiger partial charge in [-0.25, -0.2) is 0 Å². The van der Waals surface area contributed by atoms with Crippen LogP contribution in [0.1, 0.15) is 35.4 Å². The number of hydrogen-bond acceptors (Lipinski definition) is 6. The summed E-state index contributed by atoms with van der Waals surface area (Å²) in [6, 6.07) is 16.3. The average Bonchev–Trinajstić information content (AvgIpc) is 3.75. The molecule has 0 radical (unpaired) electrons. The molecule has 37 heavy (non-hydrogen) atoms. The molecular weight excluding hydrogens is 468 g/mol. The van der Waals surface area contributed by atoms with Gasteiger partial charge in [0.2, 0.25) is 0 Å². The van der Waals surface area contributed by atoms with Gasteiger partial charge in [0, 0.05) is 5.56 Å². The van der Waals surface area contributed by atoms with Crippen LogP contribution in [0.3, 0.4) is 0 Å². The minimum atomic E-state index is -0.320. The number of benzene rings is 3. The second-order valence-corrected chi connectivity index (χ2v) is 10.5. The van der Waals surface area contributed by atoms with Crippen molar-refractivity contribution in [1.29, 1.82) is 0 Å². The van der Waals surface area contributed by atoms with Crippen LogP contribution in [0.2, 0.25) is 0 Å². The van der Waals surface area contributed by atoms with Gasteiger partial charge < -0.3 is 23.7 Å². The molecule has 190 valence electrons. The molecule has 0 bridgehead atoms. The molecule has 3 atom stereocenters. The summed E-state index contributed by atoms with van der Waals surface area (Å²) in [4.78, 5) is 13.3. The molecule has 2 heterocycles. The van der Waals surface area contributed by atoms with Gasteiger partial charge in [0.25, 0.3) is 0 Å². The largest absolute Gasteiger partial charge is 0.493 e. The van der Waals surface area contributed by atoms with E-state index in [1.54, 1.807) is 6.08 Å². The molecule has 6 heteroatoms. The quantitative estimate of drug-likeness (QED) is 0.343. The first-order valence-corrected chi connectivity index (χ1v) is 13.2. The number of allylic oxidation sites excluding steroid dienone is 1. The van der Waals surface area contributed by atoms with Crippen LogP contribution in [0.4, 0.5) is 0 Å². The maximum atomic E-state index is 13.3. The van der Waals surface area contributed by atoms with Crippen molar-refractivity contribution in [3.05, 3.63) is 71.3 Å². The third-order valence-corrected chi connectivity index (χ3v) is 7.52. The Bertz CT molecular complexity index is 1360. The lowest BCUT2D eigenvalue weighted by Gasteiger charge is -2.24. The van der Waals surface area contributed by atoms with Crippen LogP contribution in [0.25, 0.3) is 16.8 Å². The molecule has 3 aromatic rings. The Kier molecular flexibility index (Phi) is 5.86. The monoisotopic (exact) mass is 498 g/mol. The molecule has 2 aliphatic carbocycles. The van der Waals surface area contributed by atoms with E-state index in [1.807, 2.05) is 30.3 Å². The van der Waals surface area contributed by atoms with E-state index < -0.39 is 0 Å². The van der Waals surface area contributed by atoms with E-state index >= 15 is 0 Å². The molecule has 4 aliphatic rings. The fourth-order valence-electron chi connectivity index (χ4n) is 4.93. The number of ether oxygens (including phenoxy) is 5. The van der Waals surface area contributed by atoms with Gasteiger partial charge in [0.15, 0.2) is 5.78 Å². The number of fused-ring (bicyclic) bond motifs is 2. The van der Waals surface area contributed by atoms with Gasteiger partial charge in [0.05, 0.1) is 25.7 Å². The van der Waals surface area contributed by atoms with Crippen molar-refractivity contribution in [3.63, 3.8) is 0 Å². The van der Waals surface area contributed by atoms with Crippen molar-refractivity contribution in [1.82, 2.24) is 0 Å². The lowest BCUT2D eigenvalue weighted by atomic mass is 9.81. The summed E-state index contributed by atoms with van der Waals surface area (Å²) in [7, 11) is 0. The Labute approximate surface area is 216 Å². The maximum absolute atomic E-state index is 13.3. The number of epoxide rings is 2. The average molecular weight is 499 g/mol. The van der Waals surface area contributed by atoms with E-state index in [9.17, 15) is 4.79 Å². The first-order valence-electron chi connectivity index (χ1n) is 13.2. The first-order chi connectivity index (χ1) is 18.2. The predicted molar refractivity (Wildman–Crippen MR) is 140 cm³/mol. The normalized spacial score (nSPS) is 23.6. The number of ketones is 1. The highest BCUT2D eigenvalue weighted by molar-refractivity contribution is 6.02. The predicted octanol–water partition coefficient (Wildman–Crippen LogP) is 5.11. The van der Waals surface area contributed by atoms with Gasteiger partial charge in [0.1, 0.15) is 42.7 Å². The van der Waals surface area contributed by atoms with Crippen molar-refractivity contribution in [2.75, 3.05) is 33.0 Å². The van der Waals surface area contributed by atoms with E-state index in [1.165, 1.54) is 12.8 Å². The highest BCUT2D eigenvalue weighted by Crippen LogP contribution is 2.40. The molecular formula is C31H30O6. The summed E-state index contributed by atoms with van der Waals surface area (Å²) in [6.07, 6.45) is 6.95. The minimum Gasteiger partial charge on any atom is -0.493 e. The van der Waals surface area contributed by atoms with E-state index in [0.29, 0.717) is 32.2 Å². The summed E-state index contributed by atoms with van der Waals surface area (Å²) in [6.45, 7) is 3.30. The highest BCUT2D eigenvalue weighted by Gasteiger charge is 2.29. The summed E-state index contributed by atoms with van der Waals surface area (Å²) in [5.41, 5.74) is 3.09. The van der Waals surface area contributed by atoms with Crippen LogP contribution in [0.15, 0.2) is 54.6 Å². The Balaban J connectivity index is 1.24. The van der Waals surface area contributed by atoms with Gasteiger partial charge in [-0.3, -0.25) is 4.79 Å². The standard InChI is InChI=1S/C31H30O6/c32-30-9-5-20-3-7-22(33-15-24-17-35-24)11-26(20)28(30)13-29-27-12-23(34-16-25-18-36-25)8-4-21(27)6-10-31(29)37-14-19-1-2-19/h3-12,19,24-25,28H,1-2,13-18H2. The number of rotatable bonds is 11. The lowest BCUT2D eigenvalue weighted by molar-refractivity contribution is -0.116. The fraction of sp³-hybridized carbons (Fsp3) is 0.387. The van der Waals surface area contributed by atoms with Crippen molar-refractivity contribution in [3.8, 4) is 17.2 Å². The third-order valence-electron chi connectivity index (χ3n) is 7.52. The van der Waals surface area contributed by atoms with Gasteiger partial charge in [-0.2, -0.15) is 0 Å². The zero-order chi connectivity index (χ0) is 24.8. The van der Waals surface area contributed by atoms with E-state index in [-0.39, 0.29) is 23.9 Å². The van der Waals surface area contributed by atoms with Crippen LogP contribution in [-0.4, -0.2) is 51.0 Å². The number of hydrogen-bond donors (Lipinski definition) is 0. The molecule has 3 unspecified atom stereocenters. The lowest BCUT2D eigenvalue weighted by Crippen LogP contribution is -2.18. The van der Waals surface area contributed by atoms with Crippen molar-refractivity contribution >= 4 is 22.6 Å². The molecule has 0 aromatic heterocycles. The minimum absolute atomic E-state index is 0.0959. The molecule has 0 amide bonds. The van der Waals surface area contributed by atoms with Gasteiger partial charge in [-0.1, -0.05) is 24.3 Å². The van der Waals surface area contributed by atoms with Crippen molar-refractivity contribution in [2.24, 2.45) is 5.92 Å². The molecule has 7 rings (SSSR count). The number of carbonyl (C=O) groups excluding carboxylic acids is 1. The topological polar surface area (TPSA) is 69.8 Å². The Hall–Kier alpha value is -3.35. The second-order valence-electron chi connectivity index (χ2n) is 10.5. The zero-order valence-electron chi connectivity index (χ0n) is 20.7. The third kappa shape index (κ3) is 5.22. The Morgan fingerprint density at radius 3 is 2.22 bits per heavy atom. The summed E-state index contributed by atoms with van der Waals surface area (Å²) in [5.74, 6) is 2.83. The molecule has 6 nitrogen and oxygen atoms in total. The summed E-state index contributed by atoms with van der Waals surface area (Å²) < 4.78 is 28.9. The summed E-state index contributed by atoms with van der Waals surface area (Å²) in [5, 5.41) is 2.16. The second kappa shape index (κ2) is 9.51. The van der Waals surface area contributed by atoms with Gasteiger partial charge in [-0.05, 0) is 83.5 Å². The first kappa shape index (κ1) is 22.8. The zero-order valence-corrected chi connectivity index (χ0v) is 20.7. The SMILES string of the molecule is O=C1C=Cc2ccc(OCC3CO3)cc2C1Cc1c(OCC2CC2)ccc2ccc(OCC3CO3)cc12. The van der Waals surface area contributed by atoms with Crippen LogP contribution >= 0.6 is 0 Å². The molecule has 2 saturated heterocycles. The number of carbonyl (C=O) groups is 1. The molecule has 0 spiro atoms. The molecule has 3 aromatic carbocycles. The van der Waals surface area contributed by atoms with Crippen molar-refractivity contribution < 1.29 is 28.5 Å². The molecule has 2 aliphatic heterocycles. The van der Waals surface area contributed by atoms with Crippen LogP contribution in [-0.2, 0) is 20.7 Å². The van der Waals surface area contributed by atoms with Crippen LogP contribution in [0, 0.1) is 5.92 Å². The smallest absolute Gasteiger partial charge is 0.163 e. The molecule has 3 fully saturated rings. The highest BCUT2D eigenvalue weighted by atomic mass is 16.6. The molecule has 0 N–H and O–H groups in total. The summed E-state index contributed by atoms with van der Waals surface area (Å²) >= 11 is 0. The Morgan fingerprint density at radius 1 is 0.784 bits per heavy atom. The van der Waals surface area contributed by atoms with E-state index in [0.717, 1.165) is 57.9 Å². The van der Waals surface area contributed by atoms with Crippen molar-refractivity contribution in [2.45, 2.75) is 37.4 Å². The van der Waals surface area contributed by atoms with Gasteiger partial charge >= 0.3 is 0 Å². The van der Waals surface area contributed by atoms with E-state index in [2.05, 4.69) is 24.3 Å². The van der Waals surface area contributed by atoms with Crippen LogP contribution < -0.4 is 14.2 Å². The van der Waals surface area contributed by atoms with E-state index in [4.69, 9.17) is 23.7 Å². The maximum Gasteiger partial charge on any atom is 0.163 e. The van der Waals surface area contributed by atoms with Crippen LogP contribution in [0.5, 0.6) is 17.2 Å². The molecule has 1 saturated carbocycles. The fourth-order valence-corrected chi connectivity index (χ4v) is 4.93.